The van der Waals surface area contributed by atoms with E-state index in [4.69, 9.17) is 9.84 Å². The van der Waals surface area contributed by atoms with Crippen molar-refractivity contribution in [3.63, 3.8) is 0 Å². The van der Waals surface area contributed by atoms with Gasteiger partial charge in [0.15, 0.2) is 5.92 Å². The molecule has 2 amide bonds. The maximum absolute atomic E-state index is 12.9. The lowest BCUT2D eigenvalue weighted by Crippen LogP contribution is -2.55. The first-order valence-corrected chi connectivity index (χ1v) is 11.0. The van der Waals surface area contributed by atoms with Crippen molar-refractivity contribution in [2.45, 2.75) is 38.9 Å². The lowest BCUT2D eigenvalue weighted by molar-refractivity contribution is -0.192. The van der Waals surface area contributed by atoms with Gasteiger partial charge in [0.25, 0.3) is 0 Å². The molecule has 0 aromatic heterocycles. The van der Waals surface area contributed by atoms with Gasteiger partial charge in [-0.25, -0.2) is 4.79 Å². The number of halogens is 3. The van der Waals surface area contributed by atoms with Crippen LogP contribution in [0.5, 0.6) is 0 Å². The van der Waals surface area contributed by atoms with Crippen LogP contribution in [-0.2, 0) is 14.3 Å². The van der Waals surface area contributed by atoms with Crippen LogP contribution in [0.25, 0.3) is 11.1 Å². The Morgan fingerprint density at radius 2 is 1.49 bits per heavy atom. The van der Waals surface area contributed by atoms with Crippen LogP contribution in [0.4, 0.5) is 18.0 Å². The van der Waals surface area contributed by atoms with Gasteiger partial charge in [-0.3, -0.25) is 9.59 Å². The molecule has 2 atom stereocenters. The smallest absolute Gasteiger partial charge is 0.407 e. The molecule has 7 nitrogen and oxygen atoms in total. The van der Waals surface area contributed by atoms with Gasteiger partial charge in [-0.05, 0) is 27.7 Å². The monoisotopic (exact) mass is 492 g/mol. The second-order valence-electron chi connectivity index (χ2n) is 9.45. The molecule has 0 aliphatic heterocycles. The van der Waals surface area contributed by atoms with Gasteiger partial charge in [-0.1, -0.05) is 69.3 Å². The highest BCUT2D eigenvalue weighted by molar-refractivity contribution is 5.87. The number of hydrogen-bond donors (Lipinski definition) is 3. The van der Waals surface area contributed by atoms with Gasteiger partial charge in [0.05, 0.1) is 0 Å². The summed E-state index contributed by atoms with van der Waals surface area (Å²) in [6.45, 7) is 3.67. The Kier molecular flexibility index (Phi) is 7.42. The number of carboxylic acid groups (broad SMARTS) is 1. The molecule has 0 fully saturated rings. The van der Waals surface area contributed by atoms with Crippen LogP contribution >= 0.6 is 0 Å². The van der Waals surface area contributed by atoms with E-state index in [2.05, 4.69) is 5.32 Å². The molecule has 0 heterocycles. The van der Waals surface area contributed by atoms with Crippen molar-refractivity contribution >= 4 is 18.0 Å². The molecule has 35 heavy (non-hydrogen) atoms. The van der Waals surface area contributed by atoms with Gasteiger partial charge in [0.2, 0.25) is 5.91 Å². The molecule has 188 valence electrons. The van der Waals surface area contributed by atoms with Crippen LogP contribution in [0.1, 0.15) is 37.8 Å². The maximum Gasteiger partial charge on any atom is 0.407 e. The van der Waals surface area contributed by atoms with Gasteiger partial charge in [-0.15, -0.1) is 0 Å². The van der Waals surface area contributed by atoms with Crippen molar-refractivity contribution in [1.29, 1.82) is 0 Å². The third kappa shape index (κ3) is 5.93. The second kappa shape index (κ2) is 9.97. The molecule has 2 aromatic rings. The molecule has 2 aromatic carbocycles. The van der Waals surface area contributed by atoms with Crippen LogP contribution in [0.3, 0.4) is 0 Å². The first kappa shape index (κ1) is 26.1. The van der Waals surface area contributed by atoms with Crippen molar-refractivity contribution in [1.82, 2.24) is 10.6 Å². The molecule has 0 spiro atoms. The summed E-state index contributed by atoms with van der Waals surface area (Å²) in [4.78, 5) is 36.2. The Hall–Kier alpha value is -3.56. The number of carbonyl (C=O) groups excluding carboxylic acids is 2. The van der Waals surface area contributed by atoms with E-state index in [-0.39, 0.29) is 12.5 Å². The van der Waals surface area contributed by atoms with Crippen molar-refractivity contribution in [2.24, 2.45) is 11.3 Å². The summed E-state index contributed by atoms with van der Waals surface area (Å²) in [6, 6.07) is 14.2. The summed E-state index contributed by atoms with van der Waals surface area (Å²) >= 11 is 0. The van der Waals surface area contributed by atoms with E-state index in [1.807, 2.05) is 53.8 Å². The number of carbonyl (C=O) groups is 3. The van der Waals surface area contributed by atoms with Gasteiger partial charge < -0.3 is 20.5 Å². The van der Waals surface area contributed by atoms with Crippen LogP contribution in [-0.4, -0.2) is 48.4 Å². The molecular weight excluding hydrogens is 465 g/mol. The Labute approximate surface area is 200 Å². The van der Waals surface area contributed by atoms with Crippen LogP contribution in [0, 0.1) is 11.3 Å². The molecule has 3 N–H and O–H groups in total. The Morgan fingerprint density at radius 1 is 0.971 bits per heavy atom. The normalized spacial score (nSPS) is 14.9. The van der Waals surface area contributed by atoms with Crippen molar-refractivity contribution in [2.75, 3.05) is 13.2 Å². The fourth-order valence-corrected chi connectivity index (χ4v) is 4.08. The molecule has 3 rings (SSSR count). The molecule has 0 saturated heterocycles. The summed E-state index contributed by atoms with van der Waals surface area (Å²) in [6.07, 6.45) is -5.94. The number of aliphatic carboxylic acids is 1. The fraction of sp³-hybridized carbons (Fsp3) is 0.400. The van der Waals surface area contributed by atoms with E-state index in [0.717, 1.165) is 22.3 Å². The van der Waals surface area contributed by atoms with Gasteiger partial charge >= 0.3 is 18.2 Å². The molecular formula is C25H27F3N2O5. The highest BCUT2D eigenvalue weighted by Gasteiger charge is 2.46. The molecule has 1 aliphatic rings. The zero-order valence-electron chi connectivity index (χ0n) is 19.5. The Morgan fingerprint density at radius 3 is 1.94 bits per heavy atom. The van der Waals surface area contributed by atoms with Gasteiger partial charge in [0, 0.05) is 12.5 Å². The third-order valence-electron chi connectivity index (χ3n) is 5.91. The number of benzene rings is 2. The zero-order chi connectivity index (χ0) is 26.0. The number of rotatable bonds is 7. The summed E-state index contributed by atoms with van der Waals surface area (Å²) in [5.41, 5.74) is 3.19. The summed E-state index contributed by atoms with van der Waals surface area (Å²) in [5.74, 6) is -6.02. The number of carboxylic acids is 1. The van der Waals surface area contributed by atoms with Crippen LogP contribution in [0.15, 0.2) is 48.5 Å². The molecule has 0 saturated carbocycles. The average molecular weight is 492 g/mol. The number of nitrogens with one attached hydrogen (secondary N) is 2. The third-order valence-corrected chi connectivity index (χ3v) is 5.91. The number of ether oxygens (including phenoxy) is 1. The Balaban J connectivity index is 1.67. The van der Waals surface area contributed by atoms with Gasteiger partial charge in [0.1, 0.15) is 12.6 Å². The largest absolute Gasteiger partial charge is 0.481 e. The quantitative estimate of drug-likeness (QED) is 0.534. The van der Waals surface area contributed by atoms with Crippen LogP contribution < -0.4 is 10.6 Å². The lowest BCUT2D eigenvalue weighted by atomic mass is 9.86. The highest BCUT2D eigenvalue weighted by atomic mass is 19.4. The molecule has 1 unspecified atom stereocenters. The molecule has 1 aliphatic carbocycles. The van der Waals surface area contributed by atoms with E-state index in [9.17, 15) is 27.6 Å². The molecule has 0 bridgehead atoms. The van der Waals surface area contributed by atoms with E-state index in [1.54, 1.807) is 20.8 Å². The Bertz CT molecular complexity index is 1070. The molecule has 10 heteroatoms. The predicted octanol–water partition coefficient (Wildman–Crippen LogP) is 4.32. The summed E-state index contributed by atoms with van der Waals surface area (Å²) in [5, 5.41) is 13.2. The van der Waals surface area contributed by atoms with E-state index in [1.165, 1.54) is 0 Å². The number of hydrogen-bond acceptors (Lipinski definition) is 4. The molecule has 0 radical (unpaired) electrons. The first-order chi connectivity index (χ1) is 16.3. The number of amides is 2. The topological polar surface area (TPSA) is 105 Å². The van der Waals surface area contributed by atoms with E-state index < -0.39 is 48.1 Å². The van der Waals surface area contributed by atoms with E-state index in [0.29, 0.717) is 0 Å². The average Bonchev–Trinajstić information content (AvgIpc) is 3.08. The summed E-state index contributed by atoms with van der Waals surface area (Å²) < 4.78 is 44.1. The number of alkyl halides is 3. The fourth-order valence-electron chi connectivity index (χ4n) is 4.08. The first-order valence-electron chi connectivity index (χ1n) is 11.0. The lowest BCUT2D eigenvalue weighted by Gasteiger charge is -2.30. The minimum absolute atomic E-state index is 0.00644. The number of alkyl carbamates (subject to hydrolysis) is 1. The maximum atomic E-state index is 12.9. The summed E-state index contributed by atoms with van der Waals surface area (Å²) in [7, 11) is 0. The highest BCUT2D eigenvalue weighted by Crippen LogP contribution is 2.44. The zero-order valence-corrected chi connectivity index (χ0v) is 19.5. The van der Waals surface area contributed by atoms with Crippen molar-refractivity contribution in [3.8, 4) is 11.1 Å². The van der Waals surface area contributed by atoms with Crippen molar-refractivity contribution < 1.29 is 37.4 Å². The second-order valence-corrected chi connectivity index (χ2v) is 9.45. The van der Waals surface area contributed by atoms with E-state index >= 15 is 0 Å². The van der Waals surface area contributed by atoms with Crippen molar-refractivity contribution in [3.05, 3.63) is 59.7 Å². The predicted molar refractivity (Wildman–Crippen MR) is 122 cm³/mol. The minimum Gasteiger partial charge on any atom is -0.481 e. The van der Waals surface area contributed by atoms with Crippen LogP contribution in [0.2, 0.25) is 0 Å². The SMILES string of the molecule is CC(C)(C)[C@@H](NC(=O)OCC1c2ccccc2-c2ccccc21)C(=O)NCC(C(=O)O)C(F)(F)F. The minimum atomic E-state index is -5.03. The number of fused-ring (bicyclic) bond motifs is 3. The van der Waals surface area contributed by atoms with Gasteiger partial charge in [-0.2, -0.15) is 13.2 Å². The standard InChI is InChI=1S/C25H27F3N2O5/c1-24(2,3)20(21(31)29-12-19(22(32)33)25(26,27)28)30-23(34)35-13-18-16-10-6-4-8-14(16)15-9-5-7-11-17(15)18/h4-11,18-20H,12-13H2,1-3H3,(H,29,31)(H,30,34)(H,32,33)/t19?,20-/m0/s1.